The van der Waals surface area contributed by atoms with E-state index in [1.54, 1.807) is 11.3 Å². The first-order valence-electron chi connectivity index (χ1n) is 12.9. The van der Waals surface area contributed by atoms with Crippen molar-refractivity contribution in [2.45, 2.75) is 72.3 Å². The molecule has 0 aliphatic heterocycles. The van der Waals surface area contributed by atoms with Crippen LogP contribution in [-0.4, -0.2) is 51.6 Å². The zero-order chi connectivity index (χ0) is 24.5. The molecule has 2 aromatic rings. The third-order valence-electron chi connectivity index (χ3n) is 8.41. The van der Waals surface area contributed by atoms with Crippen LogP contribution in [0.1, 0.15) is 69.6 Å². The van der Waals surface area contributed by atoms with Gasteiger partial charge in [-0.3, -0.25) is 9.78 Å². The van der Waals surface area contributed by atoms with E-state index >= 15 is 0 Å². The molecular weight excluding hydrogens is 444 g/mol. The first-order valence-corrected chi connectivity index (χ1v) is 13.7. The van der Waals surface area contributed by atoms with Crippen LogP contribution in [0.5, 0.6) is 0 Å². The van der Waals surface area contributed by atoms with E-state index in [9.17, 15) is 9.90 Å². The second-order valence-corrected chi connectivity index (χ2v) is 11.5. The standard InChI is InChI=1S/C27H40N4O2S/c1-6-31(7-2)25(33)17(3)20-11-13-27(5)16-21-23(18(4)22(27)24(20)32)30-26(34-21)29-15-12-19-10-8-9-14-28-19/h8-10,14,17-18,20,22,24,32H,6-7,11-13,15-16H2,1-5H3,(H,29,30)/t17-,18-,20?,22+,24-,27-/m0/s1. The average Bonchev–Trinajstić information content (AvgIpc) is 3.22. The monoisotopic (exact) mass is 484 g/mol. The summed E-state index contributed by atoms with van der Waals surface area (Å²) in [6.45, 7) is 12.9. The molecule has 2 aliphatic carbocycles. The summed E-state index contributed by atoms with van der Waals surface area (Å²) in [6.07, 6.45) is 5.10. The summed E-state index contributed by atoms with van der Waals surface area (Å²) in [5.74, 6) is 0.311. The topological polar surface area (TPSA) is 78.4 Å². The summed E-state index contributed by atoms with van der Waals surface area (Å²) in [6, 6.07) is 6.00. The van der Waals surface area contributed by atoms with Crippen LogP contribution >= 0.6 is 11.3 Å². The molecule has 2 N–H and O–H groups in total. The number of hydrogen-bond donors (Lipinski definition) is 2. The number of amides is 1. The quantitative estimate of drug-likeness (QED) is 0.565. The second kappa shape index (κ2) is 10.3. The van der Waals surface area contributed by atoms with E-state index in [2.05, 4.69) is 24.1 Å². The van der Waals surface area contributed by atoms with Gasteiger partial charge in [0.15, 0.2) is 5.13 Å². The van der Waals surface area contributed by atoms with E-state index in [1.165, 1.54) is 4.88 Å². The van der Waals surface area contributed by atoms with Crippen molar-refractivity contribution in [3.63, 3.8) is 0 Å². The Hall–Kier alpha value is -1.99. The van der Waals surface area contributed by atoms with Crippen molar-refractivity contribution in [3.8, 4) is 0 Å². The highest BCUT2D eigenvalue weighted by atomic mass is 32.1. The van der Waals surface area contributed by atoms with Gasteiger partial charge in [-0.05, 0) is 62.5 Å². The molecule has 0 radical (unpaired) electrons. The van der Waals surface area contributed by atoms with Crippen LogP contribution in [0.25, 0.3) is 0 Å². The number of fused-ring (bicyclic) bond motifs is 2. The molecule has 2 aliphatic rings. The zero-order valence-corrected chi connectivity index (χ0v) is 22.1. The number of hydrogen-bond acceptors (Lipinski definition) is 6. The maximum absolute atomic E-state index is 13.1. The van der Waals surface area contributed by atoms with Crippen molar-refractivity contribution in [1.82, 2.24) is 14.9 Å². The summed E-state index contributed by atoms with van der Waals surface area (Å²) in [5, 5.41) is 16.1. The second-order valence-electron chi connectivity index (χ2n) is 10.5. The highest BCUT2D eigenvalue weighted by Crippen LogP contribution is 2.57. The number of rotatable bonds is 8. The van der Waals surface area contributed by atoms with E-state index in [0.717, 1.165) is 61.8 Å². The van der Waals surface area contributed by atoms with Gasteiger partial charge in [-0.15, -0.1) is 11.3 Å². The van der Waals surface area contributed by atoms with E-state index in [0.29, 0.717) is 0 Å². The minimum Gasteiger partial charge on any atom is -0.392 e. The molecule has 0 spiro atoms. The van der Waals surface area contributed by atoms with Gasteiger partial charge in [0.1, 0.15) is 0 Å². The number of aromatic nitrogens is 2. The molecule has 7 heteroatoms. The lowest BCUT2D eigenvalue weighted by atomic mass is 9.53. The van der Waals surface area contributed by atoms with E-state index < -0.39 is 6.10 Å². The minimum atomic E-state index is -0.487. The number of anilines is 1. The summed E-state index contributed by atoms with van der Waals surface area (Å²) in [5.41, 5.74) is 2.25. The first-order chi connectivity index (χ1) is 16.3. The Kier molecular flexibility index (Phi) is 7.63. The van der Waals surface area contributed by atoms with Crippen molar-refractivity contribution >= 4 is 22.4 Å². The van der Waals surface area contributed by atoms with Crippen molar-refractivity contribution in [2.75, 3.05) is 25.0 Å². The molecule has 6 nitrogen and oxygen atoms in total. The molecule has 34 heavy (non-hydrogen) atoms. The molecule has 1 saturated carbocycles. The highest BCUT2D eigenvalue weighted by molar-refractivity contribution is 7.15. The molecule has 1 unspecified atom stereocenters. The van der Waals surface area contributed by atoms with E-state index in [4.69, 9.17) is 4.98 Å². The summed E-state index contributed by atoms with van der Waals surface area (Å²) < 4.78 is 0. The Morgan fingerprint density at radius 1 is 1.35 bits per heavy atom. The van der Waals surface area contributed by atoms with Crippen LogP contribution in [0.4, 0.5) is 5.13 Å². The molecule has 1 amide bonds. The molecule has 0 saturated heterocycles. The largest absolute Gasteiger partial charge is 0.392 e. The van der Waals surface area contributed by atoms with Crippen molar-refractivity contribution < 1.29 is 9.90 Å². The van der Waals surface area contributed by atoms with Gasteiger partial charge in [-0.1, -0.05) is 26.8 Å². The fourth-order valence-corrected chi connectivity index (χ4v) is 7.76. The van der Waals surface area contributed by atoms with Gasteiger partial charge < -0.3 is 15.3 Å². The van der Waals surface area contributed by atoms with Crippen LogP contribution in [0.15, 0.2) is 24.4 Å². The van der Waals surface area contributed by atoms with Crippen LogP contribution in [0.3, 0.4) is 0 Å². The molecule has 2 heterocycles. The molecule has 0 aromatic carbocycles. The number of carbonyl (C=O) groups excluding carboxylic acids is 1. The Labute approximate surface area is 208 Å². The molecule has 1 fully saturated rings. The number of nitrogens with zero attached hydrogens (tertiary/aromatic N) is 3. The van der Waals surface area contributed by atoms with Crippen LogP contribution in [-0.2, 0) is 17.6 Å². The van der Waals surface area contributed by atoms with Gasteiger partial charge in [-0.2, -0.15) is 0 Å². The Bertz CT molecular complexity index is 976. The Balaban J connectivity index is 1.48. The SMILES string of the molecule is CCN(CC)C(=O)[C@@H](C)C1CC[C@@]2(C)Cc3sc(NCCc4ccccn4)nc3[C@@H](C)[C@@H]2[C@H]1O. The predicted octanol–water partition coefficient (Wildman–Crippen LogP) is 4.75. The maximum atomic E-state index is 13.1. The lowest BCUT2D eigenvalue weighted by molar-refractivity contribution is -0.144. The number of aliphatic hydroxyl groups is 1. The van der Waals surface area contributed by atoms with Crippen molar-refractivity contribution in [3.05, 3.63) is 40.7 Å². The fourth-order valence-electron chi connectivity index (χ4n) is 6.47. The van der Waals surface area contributed by atoms with Gasteiger partial charge in [-0.25, -0.2) is 4.98 Å². The lowest BCUT2D eigenvalue weighted by Gasteiger charge is -2.53. The number of aliphatic hydroxyl groups excluding tert-OH is 1. The number of thiazole rings is 1. The predicted molar refractivity (Wildman–Crippen MR) is 138 cm³/mol. The Morgan fingerprint density at radius 3 is 2.79 bits per heavy atom. The third kappa shape index (κ3) is 4.74. The van der Waals surface area contributed by atoms with Crippen LogP contribution in [0, 0.1) is 23.2 Å². The summed E-state index contributed by atoms with van der Waals surface area (Å²) in [7, 11) is 0. The van der Waals surface area contributed by atoms with E-state index in [-0.39, 0.29) is 35.0 Å². The average molecular weight is 485 g/mol. The van der Waals surface area contributed by atoms with Gasteiger partial charge >= 0.3 is 0 Å². The third-order valence-corrected chi connectivity index (χ3v) is 9.44. The highest BCUT2D eigenvalue weighted by Gasteiger charge is 2.54. The Morgan fingerprint density at radius 2 is 2.12 bits per heavy atom. The smallest absolute Gasteiger partial charge is 0.225 e. The molecule has 2 aromatic heterocycles. The molecule has 6 atom stereocenters. The van der Waals surface area contributed by atoms with E-state index in [1.807, 2.05) is 50.1 Å². The van der Waals surface area contributed by atoms with Crippen LogP contribution < -0.4 is 5.32 Å². The van der Waals surface area contributed by atoms with Gasteiger partial charge in [0.2, 0.25) is 5.91 Å². The minimum absolute atomic E-state index is 0.00442. The summed E-state index contributed by atoms with van der Waals surface area (Å²) >= 11 is 1.77. The number of carbonyl (C=O) groups is 1. The zero-order valence-electron chi connectivity index (χ0n) is 21.3. The molecular formula is C27H40N4O2S. The molecule has 4 rings (SSSR count). The number of nitrogens with one attached hydrogen (secondary N) is 1. The van der Waals surface area contributed by atoms with Crippen molar-refractivity contribution in [2.24, 2.45) is 23.2 Å². The summed E-state index contributed by atoms with van der Waals surface area (Å²) in [4.78, 5) is 25.7. The number of pyridine rings is 1. The van der Waals surface area contributed by atoms with Gasteiger partial charge in [0.25, 0.3) is 0 Å². The van der Waals surface area contributed by atoms with Gasteiger partial charge in [0, 0.05) is 54.7 Å². The normalized spacial score (nSPS) is 29.1. The molecule has 0 bridgehead atoms. The maximum Gasteiger partial charge on any atom is 0.225 e. The van der Waals surface area contributed by atoms with Crippen molar-refractivity contribution in [1.29, 1.82) is 0 Å². The van der Waals surface area contributed by atoms with Crippen LogP contribution in [0.2, 0.25) is 0 Å². The lowest BCUT2D eigenvalue weighted by Crippen LogP contribution is -2.53. The van der Waals surface area contributed by atoms with Gasteiger partial charge in [0.05, 0.1) is 11.8 Å². The molecule has 186 valence electrons. The fraction of sp³-hybridized carbons (Fsp3) is 0.667. The first kappa shape index (κ1) is 25.1.